The molecule has 2 bridgehead atoms. The predicted octanol–water partition coefficient (Wildman–Crippen LogP) is 2.60. The number of nitrogens with zero attached hydrogens (tertiary/aromatic N) is 3. The molecule has 34 heavy (non-hydrogen) atoms. The molecule has 2 aliphatic carbocycles. The Balaban J connectivity index is 1.40. The fraction of sp³-hybridized carbons (Fsp3) is 0.429. The second-order valence-electron chi connectivity index (χ2n) is 8.41. The highest BCUT2D eigenvalue weighted by Gasteiger charge is 2.54. The van der Waals surface area contributed by atoms with Crippen molar-refractivity contribution in [3.63, 3.8) is 0 Å². The first-order chi connectivity index (χ1) is 16.3. The quantitative estimate of drug-likeness (QED) is 0.326. The van der Waals surface area contributed by atoms with Gasteiger partial charge in [-0.15, -0.1) is 0 Å². The first-order valence-corrected chi connectivity index (χ1v) is 11.0. The first kappa shape index (κ1) is 23.6. The highest BCUT2D eigenvalue weighted by Crippen LogP contribution is 2.52. The molecule has 5 unspecified atom stereocenters. The van der Waals surface area contributed by atoms with Crippen molar-refractivity contribution in [2.75, 3.05) is 24.3 Å². The standard InChI is InChI=1S/C21H23ClFN7O4/c1-34-30(33)13-4-2-3-12(7-13)27-21(32)26-8-11-5-10-6-14(11)17(16(10)18(24)31)28-19-15(23)9-25-20(22)29-19/h2-4,7,9-11,14,16-17H,5-6,8H2,1H3,(H4-,24,25,26,27,28,29,31,32)/p+1. The smallest absolute Gasteiger partial charge is 0.319 e. The van der Waals surface area contributed by atoms with Crippen LogP contribution in [0.4, 0.5) is 26.4 Å². The van der Waals surface area contributed by atoms with Crippen molar-refractivity contribution in [1.82, 2.24) is 15.3 Å². The number of hydrogen-bond acceptors (Lipinski definition) is 7. The molecule has 2 aromatic rings. The molecule has 4 rings (SSSR count). The van der Waals surface area contributed by atoms with E-state index in [4.69, 9.17) is 17.3 Å². The highest BCUT2D eigenvalue weighted by atomic mass is 35.5. The Labute approximate surface area is 199 Å². The Kier molecular flexibility index (Phi) is 6.77. The van der Waals surface area contributed by atoms with Crippen molar-refractivity contribution in [2.45, 2.75) is 18.9 Å². The summed E-state index contributed by atoms with van der Waals surface area (Å²) >= 11 is 5.79. The molecule has 0 aliphatic heterocycles. The van der Waals surface area contributed by atoms with Crippen LogP contribution in [0.25, 0.3) is 0 Å². The number of carbonyl (C=O) groups excluding carboxylic acids is 2. The number of hydrogen-bond donors (Lipinski definition) is 4. The number of nitrogens with two attached hydrogens (primary N) is 1. The number of benzene rings is 1. The van der Waals surface area contributed by atoms with Crippen molar-refractivity contribution in [3.05, 3.63) is 46.5 Å². The molecule has 2 aliphatic rings. The minimum Gasteiger partial charge on any atom is -0.369 e. The average Bonchev–Trinajstić information content (AvgIpc) is 3.38. The summed E-state index contributed by atoms with van der Waals surface area (Å²) in [5.41, 5.74) is 6.30. The van der Waals surface area contributed by atoms with Gasteiger partial charge in [-0.25, -0.2) is 19.0 Å². The number of urea groups is 1. The van der Waals surface area contributed by atoms with E-state index in [1.807, 2.05) is 0 Å². The van der Waals surface area contributed by atoms with Gasteiger partial charge in [0.15, 0.2) is 18.7 Å². The molecule has 2 saturated carbocycles. The van der Waals surface area contributed by atoms with Gasteiger partial charge in [0, 0.05) is 30.4 Å². The zero-order chi connectivity index (χ0) is 24.4. The molecule has 1 heterocycles. The van der Waals surface area contributed by atoms with Gasteiger partial charge in [-0.1, -0.05) is 6.07 Å². The van der Waals surface area contributed by atoms with Gasteiger partial charge in [-0.2, -0.15) is 4.98 Å². The van der Waals surface area contributed by atoms with Crippen LogP contribution in [0.2, 0.25) is 5.28 Å². The van der Waals surface area contributed by atoms with E-state index in [0.717, 1.165) is 12.6 Å². The van der Waals surface area contributed by atoms with E-state index in [1.54, 1.807) is 18.2 Å². The summed E-state index contributed by atoms with van der Waals surface area (Å²) in [5, 5.41) is 8.40. The SMILES string of the molecule is CO[N+](=O)c1cccc(NC(=O)NCC2CC3CC2C(Nc2nc(Cl)ncc2F)C3C(N)=O)c1. The zero-order valence-electron chi connectivity index (χ0n) is 18.2. The van der Waals surface area contributed by atoms with Crippen LogP contribution in [0, 0.1) is 34.4 Å². The molecule has 5 N–H and O–H groups in total. The molecule has 1 aromatic heterocycles. The van der Waals surface area contributed by atoms with Crippen LogP contribution >= 0.6 is 11.6 Å². The minimum absolute atomic E-state index is 0.0176. The third kappa shape index (κ3) is 4.86. The second kappa shape index (κ2) is 9.75. The summed E-state index contributed by atoms with van der Waals surface area (Å²) in [4.78, 5) is 48.6. The summed E-state index contributed by atoms with van der Waals surface area (Å²) in [6, 6.07) is 5.39. The fourth-order valence-corrected chi connectivity index (χ4v) is 5.28. The molecule has 3 amide bonds. The molecule has 5 atom stereocenters. The Morgan fingerprint density at radius 1 is 1.35 bits per heavy atom. The minimum atomic E-state index is -0.684. The molecule has 180 valence electrons. The summed E-state index contributed by atoms with van der Waals surface area (Å²) in [6.45, 7) is 0.342. The van der Waals surface area contributed by atoms with Crippen molar-refractivity contribution >= 4 is 40.7 Å². The summed E-state index contributed by atoms with van der Waals surface area (Å²) in [7, 11) is 1.24. The number of amides is 3. The number of rotatable bonds is 8. The van der Waals surface area contributed by atoms with Crippen LogP contribution in [-0.4, -0.2) is 46.5 Å². The summed E-state index contributed by atoms with van der Waals surface area (Å²) in [6.07, 6.45) is 2.39. The lowest BCUT2D eigenvalue weighted by atomic mass is 9.77. The zero-order valence-corrected chi connectivity index (χ0v) is 19.0. The maximum Gasteiger partial charge on any atom is 0.319 e. The molecule has 0 saturated heterocycles. The van der Waals surface area contributed by atoms with Gasteiger partial charge >= 0.3 is 11.7 Å². The van der Waals surface area contributed by atoms with Crippen molar-refractivity contribution < 1.29 is 23.7 Å². The van der Waals surface area contributed by atoms with E-state index < -0.39 is 29.7 Å². The van der Waals surface area contributed by atoms with Crippen LogP contribution in [0.15, 0.2) is 30.5 Å². The van der Waals surface area contributed by atoms with E-state index in [9.17, 15) is 18.9 Å². The number of nitrogens with one attached hydrogen (secondary N) is 3. The van der Waals surface area contributed by atoms with Crippen LogP contribution < -0.4 is 21.7 Å². The number of aromatic nitrogens is 2. The molecular formula is C21H24ClFN7O4+. The average molecular weight is 493 g/mol. The maximum absolute atomic E-state index is 14.2. The maximum atomic E-state index is 14.2. The van der Waals surface area contributed by atoms with Gasteiger partial charge in [0.05, 0.1) is 17.0 Å². The topological polar surface area (TPSA) is 151 Å². The summed E-state index contributed by atoms with van der Waals surface area (Å²) < 4.78 is 14.2. The first-order valence-electron chi connectivity index (χ1n) is 10.7. The number of primary amides is 1. The van der Waals surface area contributed by atoms with Crippen LogP contribution in [0.5, 0.6) is 0 Å². The Hall–Kier alpha value is -3.54. The Morgan fingerprint density at radius 3 is 2.88 bits per heavy atom. The lowest BCUT2D eigenvalue weighted by Crippen LogP contribution is -2.47. The van der Waals surface area contributed by atoms with E-state index >= 15 is 0 Å². The van der Waals surface area contributed by atoms with E-state index in [-0.39, 0.29) is 34.5 Å². The molecule has 2 fully saturated rings. The van der Waals surface area contributed by atoms with E-state index in [0.29, 0.717) is 23.6 Å². The van der Waals surface area contributed by atoms with Gasteiger partial charge in [-0.3, -0.25) is 4.79 Å². The Bertz CT molecular complexity index is 1120. The normalized spacial score (nSPS) is 25.0. The lowest BCUT2D eigenvalue weighted by molar-refractivity contribution is -0.736. The molecule has 13 heteroatoms. The van der Waals surface area contributed by atoms with Crippen LogP contribution in [-0.2, 0) is 9.63 Å². The molecule has 0 radical (unpaired) electrons. The number of halogens is 2. The third-order valence-electron chi connectivity index (χ3n) is 6.49. The van der Waals surface area contributed by atoms with Gasteiger partial charge in [0.25, 0.3) is 4.92 Å². The van der Waals surface area contributed by atoms with Gasteiger partial charge in [-0.05, 0) is 48.3 Å². The fourth-order valence-electron chi connectivity index (χ4n) is 5.14. The number of anilines is 2. The molecular weight excluding hydrogens is 469 g/mol. The molecule has 0 spiro atoms. The second-order valence-corrected chi connectivity index (χ2v) is 8.75. The summed E-state index contributed by atoms with van der Waals surface area (Å²) in [5.74, 6) is -1.69. The highest BCUT2D eigenvalue weighted by molar-refractivity contribution is 6.28. The van der Waals surface area contributed by atoms with Crippen LogP contribution in [0.1, 0.15) is 12.8 Å². The van der Waals surface area contributed by atoms with Crippen molar-refractivity contribution in [1.29, 1.82) is 0 Å². The lowest BCUT2D eigenvalue weighted by Gasteiger charge is -2.35. The van der Waals surface area contributed by atoms with Crippen LogP contribution in [0.3, 0.4) is 0 Å². The van der Waals surface area contributed by atoms with Gasteiger partial charge in [0.1, 0.15) is 0 Å². The van der Waals surface area contributed by atoms with Gasteiger partial charge in [0.2, 0.25) is 11.2 Å². The molecule has 11 nitrogen and oxygen atoms in total. The Morgan fingerprint density at radius 2 is 2.15 bits per heavy atom. The van der Waals surface area contributed by atoms with Gasteiger partial charge < -0.3 is 21.7 Å². The predicted molar refractivity (Wildman–Crippen MR) is 121 cm³/mol. The van der Waals surface area contributed by atoms with Crippen molar-refractivity contribution in [2.24, 2.45) is 29.4 Å². The monoisotopic (exact) mass is 492 g/mol. The van der Waals surface area contributed by atoms with Crippen molar-refractivity contribution in [3.8, 4) is 0 Å². The molecule has 1 aromatic carbocycles. The third-order valence-corrected chi connectivity index (χ3v) is 6.68. The van der Waals surface area contributed by atoms with E-state index in [2.05, 4.69) is 30.8 Å². The number of fused-ring (bicyclic) bond motifs is 2. The number of carbonyl (C=O) groups is 2. The largest absolute Gasteiger partial charge is 0.369 e. The van der Waals surface area contributed by atoms with E-state index in [1.165, 1.54) is 13.2 Å².